The Hall–Kier alpha value is -0.530. The van der Waals surface area contributed by atoms with Gasteiger partial charge in [-0.05, 0) is 30.6 Å². The summed E-state index contributed by atoms with van der Waals surface area (Å²) in [6.07, 6.45) is 5.72. The van der Waals surface area contributed by atoms with Crippen molar-refractivity contribution in [3.05, 3.63) is 0 Å². The van der Waals surface area contributed by atoms with Crippen LogP contribution in [0, 0.1) is 11.3 Å². The van der Waals surface area contributed by atoms with Crippen molar-refractivity contribution in [3.8, 4) is 0 Å². The molecular formula is C12H21NO. The molecule has 1 saturated heterocycles. The van der Waals surface area contributed by atoms with E-state index in [0.717, 1.165) is 18.8 Å². The highest BCUT2D eigenvalue weighted by atomic mass is 16.2. The molecule has 0 unspecified atom stereocenters. The standard InChI is InChI=1S/C12H21NO/c1-9-4-6-12(2)7-5-11(14)13(3)10(12)8-9/h9-10H,4-8H2,1-3H3/t9-,10-,12+/m1/s1. The number of carbonyl (C=O) groups excluding carboxylic acids is 1. The van der Waals surface area contributed by atoms with Crippen LogP contribution in [0.25, 0.3) is 0 Å². The van der Waals surface area contributed by atoms with Crippen molar-refractivity contribution in [2.24, 2.45) is 11.3 Å². The molecule has 1 amide bonds. The zero-order valence-electron chi connectivity index (χ0n) is 9.55. The van der Waals surface area contributed by atoms with Crippen LogP contribution in [0.15, 0.2) is 0 Å². The Morgan fingerprint density at radius 3 is 2.86 bits per heavy atom. The van der Waals surface area contributed by atoms with E-state index in [1.807, 2.05) is 11.9 Å². The molecule has 1 aliphatic heterocycles. The van der Waals surface area contributed by atoms with Crippen molar-refractivity contribution in [2.75, 3.05) is 7.05 Å². The Balaban J connectivity index is 2.20. The summed E-state index contributed by atoms with van der Waals surface area (Å²) in [6, 6.07) is 0.507. The van der Waals surface area contributed by atoms with E-state index >= 15 is 0 Å². The molecule has 0 radical (unpaired) electrons. The molecule has 3 atom stereocenters. The number of carbonyl (C=O) groups is 1. The lowest BCUT2D eigenvalue weighted by atomic mass is 9.64. The summed E-state index contributed by atoms with van der Waals surface area (Å²) >= 11 is 0. The Labute approximate surface area is 86.7 Å². The van der Waals surface area contributed by atoms with E-state index in [-0.39, 0.29) is 0 Å². The summed E-state index contributed by atoms with van der Waals surface area (Å²) in [7, 11) is 1.99. The molecule has 2 fully saturated rings. The molecule has 2 heteroatoms. The summed E-state index contributed by atoms with van der Waals surface area (Å²) in [5.74, 6) is 1.14. The fourth-order valence-electron chi connectivity index (χ4n) is 3.19. The van der Waals surface area contributed by atoms with Gasteiger partial charge in [0.05, 0.1) is 0 Å². The summed E-state index contributed by atoms with van der Waals surface area (Å²) in [5.41, 5.74) is 0.412. The molecule has 1 aliphatic carbocycles. The first-order valence-corrected chi connectivity index (χ1v) is 5.78. The monoisotopic (exact) mass is 195 g/mol. The van der Waals surface area contributed by atoms with Gasteiger partial charge in [-0.1, -0.05) is 20.3 Å². The minimum Gasteiger partial charge on any atom is -0.342 e. The van der Waals surface area contributed by atoms with Crippen LogP contribution < -0.4 is 0 Å². The predicted molar refractivity (Wildman–Crippen MR) is 56.9 cm³/mol. The smallest absolute Gasteiger partial charge is 0.222 e. The van der Waals surface area contributed by atoms with Crippen molar-refractivity contribution >= 4 is 5.91 Å². The summed E-state index contributed by atoms with van der Waals surface area (Å²) < 4.78 is 0. The highest BCUT2D eigenvalue weighted by Gasteiger charge is 2.45. The first-order chi connectivity index (χ1) is 6.53. The molecule has 14 heavy (non-hydrogen) atoms. The van der Waals surface area contributed by atoms with Crippen LogP contribution in [-0.2, 0) is 4.79 Å². The summed E-state index contributed by atoms with van der Waals surface area (Å²) in [4.78, 5) is 13.6. The normalized spacial score (nSPS) is 43.6. The average molecular weight is 195 g/mol. The van der Waals surface area contributed by atoms with Gasteiger partial charge in [0.15, 0.2) is 0 Å². The van der Waals surface area contributed by atoms with Crippen molar-refractivity contribution in [1.29, 1.82) is 0 Å². The Morgan fingerprint density at radius 1 is 1.43 bits per heavy atom. The number of rotatable bonds is 0. The SMILES string of the molecule is C[C@@H]1CC[C@@]2(C)CCC(=O)N(C)[C@@H]2C1. The molecule has 2 aliphatic rings. The summed E-state index contributed by atoms with van der Waals surface area (Å²) in [6.45, 7) is 4.68. The lowest BCUT2D eigenvalue weighted by molar-refractivity contribution is -0.143. The lowest BCUT2D eigenvalue weighted by Gasteiger charge is -2.51. The number of piperidine rings is 1. The van der Waals surface area contributed by atoms with Crippen molar-refractivity contribution in [1.82, 2.24) is 4.90 Å². The maximum atomic E-state index is 11.6. The number of nitrogens with zero attached hydrogens (tertiary/aromatic N) is 1. The number of likely N-dealkylation sites (tertiary alicyclic amines) is 1. The minimum absolute atomic E-state index is 0.349. The van der Waals surface area contributed by atoms with Gasteiger partial charge in [0.1, 0.15) is 0 Å². The van der Waals surface area contributed by atoms with Crippen molar-refractivity contribution < 1.29 is 4.79 Å². The van der Waals surface area contributed by atoms with Gasteiger partial charge in [-0.3, -0.25) is 4.79 Å². The molecule has 0 spiro atoms. The van der Waals surface area contributed by atoms with E-state index in [1.54, 1.807) is 0 Å². The van der Waals surface area contributed by atoms with Crippen LogP contribution in [-0.4, -0.2) is 23.9 Å². The number of amides is 1. The predicted octanol–water partition coefficient (Wildman–Crippen LogP) is 2.43. The van der Waals surface area contributed by atoms with Crippen molar-refractivity contribution in [3.63, 3.8) is 0 Å². The topological polar surface area (TPSA) is 20.3 Å². The van der Waals surface area contributed by atoms with Gasteiger partial charge in [-0.25, -0.2) is 0 Å². The second-order valence-electron chi connectivity index (χ2n) is 5.55. The highest BCUT2D eigenvalue weighted by molar-refractivity contribution is 5.77. The quantitative estimate of drug-likeness (QED) is 0.581. The first-order valence-electron chi connectivity index (χ1n) is 5.78. The molecule has 0 aromatic rings. The molecule has 2 rings (SSSR count). The van der Waals surface area contributed by atoms with Gasteiger partial charge in [-0.2, -0.15) is 0 Å². The number of hydrogen-bond donors (Lipinski definition) is 0. The second kappa shape index (κ2) is 3.25. The minimum atomic E-state index is 0.349. The third-order valence-corrected chi connectivity index (χ3v) is 4.41. The fourth-order valence-corrected chi connectivity index (χ4v) is 3.19. The largest absolute Gasteiger partial charge is 0.342 e. The Kier molecular flexibility index (Phi) is 2.32. The van der Waals surface area contributed by atoms with E-state index < -0.39 is 0 Å². The Bertz CT molecular complexity index is 251. The Morgan fingerprint density at radius 2 is 2.14 bits per heavy atom. The van der Waals surface area contributed by atoms with Gasteiger partial charge >= 0.3 is 0 Å². The van der Waals surface area contributed by atoms with Gasteiger partial charge in [0.25, 0.3) is 0 Å². The third-order valence-electron chi connectivity index (χ3n) is 4.41. The molecular weight excluding hydrogens is 174 g/mol. The number of hydrogen-bond acceptors (Lipinski definition) is 1. The molecule has 0 bridgehead atoms. The van der Waals surface area contributed by atoms with Crippen LogP contribution >= 0.6 is 0 Å². The van der Waals surface area contributed by atoms with Crippen LogP contribution in [0.3, 0.4) is 0 Å². The van der Waals surface area contributed by atoms with E-state index in [4.69, 9.17) is 0 Å². The van der Waals surface area contributed by atoms with E-state index in [2.05, 4.69) is 13.8 Å². The third kappa shape index (κ3) is 1.45. The maximum Gasteiger partial charge on any atom is 0.222 e. The van der Waals surface area contributed by atoms with Gasteiger partial charge in [0.2, 0.25) is 5.91 Å². The number of fused-ring (bicyclic) bond motifs is 1. The molecule has 2 nitrogen and oxygen atoms in total. The van der Waals surface area contributed by atoms with E-state index in [9.17, 15) is 4.79 Å². The van der Waals surface area contributed by atoms with Gasteiger partial charge in [0, 0.05) is 19.5 Å². The maximum absolute atomic E-state index is 11.6. The molecule has 0 aromatic carbocycles. The molecule has 0 N–H and O–H groups in total. The molecule has 0 aromatic heterocycles. The molecule has 1 saturated carbocycles. The van der Waals surface area contributed by atoms with Gasteiger partial charge in [-0.15, -0.1) is 0 Å². The van der Waals surface area contributed by atoms with Gasteiger partial charge < -0.3 is 4.90 Å². The molecule has 80 valence electrons. The van der Waals surface area contributed by atoms with Crippen LogP contribution in [0.5, 0.6) is 0 Å². The second-order valence-corrected chi connectivity index (χ2v) is 5.55. The van der Waals surface area contributed by atoms with E-state index in [1.165, 1.54) is 19.3 Å². The van der Waals surface area contributed by atoms with Crippen LogP contribution in [0.1, 0.15) is 46.0 Å². The zero-order valence-corrected chi connectivity index (χ0v) is 9.55. The average Bonchev–Trinajstić information content (AvgIpc) is 2.16. The summed E-state index contributed by atoms with van der Waals surface area (Å²) in [5, 5.41) is 0. The highest BCUT2D eigenvalue weighted by Crippen LogP contribution is 2.46. The zero-order chi connectivity index (χ0) is 10.3. The first kappa shape index (κ1) is 10.0. The molecule has 1 heterocycles. The fraction of sp³-hybridized carbons (Fsp3) is 0.917. The van der Waals surface area contributed by atoms with Crippen LogP contribution in [0.2, 0.25) is 0 Å². The van der Waals surface area contributed by atoms with Crippen LogP contribution in [0.4, 0.5) is 0 Å². The van der Waals surface area contributed by atoms with E-state index in [0.29, 0.717) is 17.4 Å². The van der Waals surface area contributed by atoms with Crippen molar-refractivity contribution in [2.45, 2.75) is 52.0 Å². The lowest BCUT2D eigenvalue weighted by Crippen LogP contribution is -2.54.